The van der Waals surface area contributed by atoms with Crippen LogP contribution >= 0.6 is 11.6 Å². The largest absolute Gasteiger partial charge is 0.335 e. The molecule has 1 N–H and O–H groups in total. The molecule has 9 heteroatoms. The molecule has 3 heterocycles. The fourth-order valence-corrected chi connectivity index (χ4v) is 3.62. The van der Waals surface area contributed by atoms with E-state index in [4.69, 9.17) is 11.6 Å². The molecular formula is C19H21ClN6O2. The van der Waals surface area contributed by atoms with Crippen LogP contribution in [-0.4, -0.2) is 68.2 Å². The third kappa shape index (κ3) is 3.53. The number of hydrogen-bond acceptors (Lipinski definition) is 5. The van der Waals surface area contributed by atoms with Gasteiger partial charge < -0.3 is 9.88 Å². The second kappa shape index (κ2) is 7.73. The molecule has 146 valence electrons. The smallest absolute Gasteiger partial charge is 0.277 e. The van der Waals surface area contributed by atoms with Crippen LogP contribution in [0.25, 0.3) is 16.8 Å². The van der Waals surface area contributed by atoms with Gasteiger partial charge in [0.05, 0.1) is 11.9 Å². The predicted octanol–water partition coefficient (Wildman–Crippen LogP) is 1.91. The number of fused-ring (bicyclic) bond motifs is 1. The van der Waals surface area contributed by atoms with Crippen LogP contribution in [0.5, 0.6) is 0 Å². The molecule has 8 nitrogen and oxygen atoms in total. The van der Waals surface area contributed by atoms with Crippen molar-refractivity contribution in [1.82, 2.24) is 29.6 Å². The first-order valence-electron chi connectivity index (χ1n) is 9.32. The fourth-order valence-electron chi connectivity index (χ4n) is 3.49. The average molecular weight is 401 g/mol. The molecule has 0 spiro atoms. The van der Waals surface area contributed by atoms with E-state index >= 15 is 0 Å². The van der Waals surface area contributed by atoms with Crippen LogP contribution in [0.1, 0.15) is 23.8 Å². The maximum atomic E-state index is 12.9. The van der Waals surface area contributed by atoms with Gasteiger partial charge in [0.2, 0.25) is 0 Å². The number of halogens is 1. The number of nitrogens with one attached hydrogen (secondary N) is 1. The Bertz CT molecular complexity index is 1050. The lowest BCUT2D eigenvalue weighted by atomic mass is 10.1. The van der Waals surface area contributed by atoms with Crippen LogP contribution in [0, 0.1) is 0 Å². The highest BCUT2D eigenvalue weighted by Crippen LogP contribution is 2.19. The highest BCUT2D eigenvalue weighted by molar-refractivity contribution is 6.30. The van der Waals surface area contributed by atoms with Gasteiger partial charge in [-0.25, -0.2) is 4.52 Å². The van der Waals surface area contributed by atoms with E-state index in [2.05, 4.69) is 27.1 Å². The van der Waals surface area contributed by atoms with Gasteiger partial charge in [-0.3, -0.25) is 14.5 Å². The molecule has 1 amide bonds. The zero-order valence-corrected chi connectivity index (χ0v) is 16.3. The Morgan fingerprint density at radius 2 is 1.89 bits per heavy atom. The summed E-state index contributed by atoms with van der Waals surface area (Å²) in [4.78, 5) is 32.5. The van der Waals surface area contributed by atoms with E-state index in [-0.39, 0.29) is 17.1 Å². The van der Waals surface area contributed by atoms with Crippen molar-refractivity contribution in [3.8, 4) is 11.3 Å². The second-order valence-electron chi connectivity index (χ2n) is 6.87. The van der Waals surface area contributed by atoms with E-state index in [1.807, 2.05) is 0 Å². The van der Waals surface area contributed by atoms with Gasteiger partial charge in [0, 0.05) is 31.2 Å². The number of aromatic nitrogens is 4. The van der Waals surface area contributed by atoms with Gasteiger partial charge >= 0.3 is 0 Å². The molecule has 1 saturated heterocycles. The molecule has 0 atom stereocenters. The summed E-state index contributed by atoms with van der Waals surface area (Å²) in [5.74, 6) is -0.254. The van der Waals surface area contributed by atoms with Crippen molar-refractivity contribution in [1.29, 1.82) is 0 Å². The Balaban J connectivity index is 1.62. The zero-order chi connectivity index (χ0) is 19.7. The minimum absolute atomic E-state index is 0.0906. The molecule has 4 rings (SSSR count). The minimum Gasteiger partial charge on any atom is -0.335 e. The van der Waals surface area contributed by atoms with Crippen LogP contribution in [0.4, 0.5) is 0 Å². The molecule has 0 aliphatic carbocycles. The van der Waals surface area contributed by atoms with Crippen molar-refractivity contribution in [2.75, 3.05) is 32.7 Å². The lowest BCUT2D eigenvalue weighted by Crippen LogP contribution is -2.49. The molecule has 1 aliphatic heterocycles. The number of H-pyrrole nitrogens is 1. The molecule has 1 aliphatic rings. The van der Waals surface area contributed by atoms with Crippen molar-refractivity contribution in [2.24, 2.45) is 0 Å². The minimum atomic E-state index is -0.398. The monoisotopic (exact) mass is 400 g/mol. The summed E-state index contributed by atoms with van der Waals surface area (Å²) < 4.78 is 1.36. The number of carbonyl (C=O) groups excluding carboxylic acids is 1. The van der Waals surface area contributed by atoms with Gasteiger partial charge in [0.25, 0.3) is 11.5 Å². The topological polar surface area (TPSA) is 86.6 Å². The third-order valence-electron chi connectivity index (χ3n) is 4.97. The van der Waals surface area contributed by atoms with E-state index in [1.165, 1.54) is 4.52 Å². The Kier molecular flexibility index (Phi) is 5.15. The summed E-state index contributed by atoms with van der Waals surface area (Å²) >= 11 is 5.92. The molecule has 3 aromatic rings. The molecule has 1 fully saturated rings. The van der Waals surface area contributed by atoms with Crippen molar-refractivity contribution >= 4 is 23.0 Å². The first-order valence-corrected chi connectivity index (χ1v) is 9.70. The summed E-state index contributed by atoms with van der Waals surface area (Å²) in [5.41, 5.74) is 1.22. The van der Waals surface area contributed by atoms with Crippen molar-refractivity contribution < 1.29 is 4.79 Å². The summed E-state index contributed by atoms with van der Waals surface area (Å²) in [6, 6.07) is 7.10. The van der Waals surface area contributed by atoms with Crippen molar-refractivity contribution in [2.45, 2.75) is 13.3 Å². The van der Waals surface area contributed by atoms with Gasteiger partial charge in [0.1, 0.15) is 0 Å². The number of carbonyl (C=O) groups is 1. The molecule has 1 aromatic carbocycles. The lowest BCUT2D eigenvalue weighted by molar-refractivity contribution is 0.0633. The summed E-state index contributed by atoms with van der Waals surface area (Å²) in [6.07, 6.45) is 2.75. The fraction of sp³-hybridized carbons (Fsp3) is 0.368. The first kappa shape index (κ1) is 18.6. The van der Waals surface area contributed by atoms with Crippen LogP contribution in [0.15, 0.2) is 35.3 Å². The molecule has 0 bridgehead atoms. The molecule has 28 heavy (non-hydrogen) atoms. The van der Waals surface area contributed by atoms with Gasteiger partial charge in [0.15, 0.2) is 11.2 Å². The van der Waals surface area contributed by atoms with E-state index in [9.17, 15) is 9.59 Å². The second-order valence-corrected chi connectivity index (χ2v) is 7.31. The third-order valence-corrected chi connectivity index (χ3v) is 5.22. The van der Waals surface area contributed by atoms with Crippen LogP contribution in [0.2, 0.25) is 5.02 Å². The Labute approximate surface area is 166 Å². The highest BCUT2D eigenvalue weighted by atomic mass is 35.5. The van der Waals surface area contributed by atoms with Gasteiger partial charge in [-0.15, -0.1) is 5.10 Å². The van der Waals surface area contributed by atoms with Gasteiger partial charge in [-0.1, -0.05) is 35.9 Å². The van der Waals surface area contributed by atoms with Gasteiger partial charge in [-0.05, 0) is 30.7 Å². The Hall–Kier alpha value is -2.71. The van der Waals surface area contributed by atoms with E-state index in [0.29, 0.717) is 23.8 Å². The summed E-state index contributed by atoms with van der Waals surface area (Å²) in [7, 11) is 0. The van der Waals surface area contributed by atoms with E-state index in [1.54, 1.807) is 35.4 Å². The highest BCUT2D eigenvalue weighted by Gasteiger charge is 2.26. The molecule has 0 unspecified atom stereocenters. The molecule has 0 radical (unpaired) electrons. The lowest BCUT2D eigenvalue weighted by Gasteiger charge is -2.34. The Morgan fingerprint density at radius 3 is 2.57 bits per heavy atom. The molecular weight excluding hydrogens is 380 g/mol. The normalized spacial score (nSPS) is 15.3. The van der Waals surface area contributed by atoms with Gasteiger partial charge in [-0.2, -0.15) is 0 Å². The Morgan fingerprint density at radius 1 is 1.18 bits per heavy atom. The number of piperazine rings is 1. The number of rotatable bonds is 4. The molecule has 0 saturated carbocycles. The first-order chi connectivity index (χ1) is 13.6. The number of aromatic amines is 1. The van der Waals surface area contributed by atoms with Crippen LogP contribution < -0.4 is 5.56 Å². The number of hydrogen-bond donors (Lipinski definition) is 1. The van der Waals surface area contributed by atoms with E-state index < -0.39 is 5.56 Å². The number of amides is 1. The van der Waals surface area contributed by atoms with Crippen LogP contribution in [-0.2, 0) is 0 Å². The maximum absolute atomic E-state index is 12.9. The number of nitrogens with zero attached hydrogens (tertiary/aromatic N) is 5. The van der Waals surface area contributed by atoms with Crippen molar-refractivity contribution in [3.05, 3.63) is 51.5 Å². The molecule has 2 aromatic heterocycles. The van der Waals surface area contributed by atoms with Crippen LogP contribution in [0.3, 0.4) is 0 Å². The summed E-state index contributed by atoms with van der Waals surface area (Å²) in [6.45, 7) is 6.08. The maximum Gasteiger partial charge on any atom is 0.277 e. The standard InChI is InChI=1S/C19H21ClN6O2/c1-2-7-24-8-10-25(11-9-24)19(28)16-17-18(27)21-15(12-26(17)23-22-16)13-3-5-14(20)6-4-13/h3-6,12H,2,7-11H2,1H3,(H,21,27). The average Bonchev–Trinajstić information content (AvgIpc) is 3.13. The zero-order valence-electron chi connectivity index (χ0n) is 15.6. The van der Waals surface area contributed by atoms with Crippen molar-refractivity contribution in [3.63, 3.8) is 0 Å². The predicted molar refractivity (Wildman–Crippen MR) is 107 cm³/mol. The quantitative estimate of drug-likeness (QED) is 0.722. The van der Waals surface area contributed by atoms with E-state index in [0.717, 1.165) is 31.6 Å². The SMILES string of the molecule is CCCN1CCN(C(=O)c2nnn3cc(-c4ccc(Cl)cc4)[nH]c(=O)c23)CC1. The summed E-state index contributed by atoms with van der Waals surface area (Å²) in [5, 5.41) is 8.62. The number of benzene rings is 1.